The van der Waals surface area contributed by atoms with Gasteiger partial charge in [-0.15, -0.1) is 0 Å². The maximum absolute atomic E-state index is 8.79. The van der Waals surface area contributed by atoms with E-state index < -0.39 is 43.8 Å². The molecule has 22 heteroatoms. The lowest BCUT2D eigenvalue weighted by molar-refractivity contribution is 0.00578. The van der Waals surface area contributed by atoms with Crippen molar-refractivity contribution in [2.75, 3.05) is 10.6 Å². The molecule has 0 unspecified atom stereocenters. The summed E-state index contributed by atoms with van der Waals surface area (Å²) in [4.78, 5) is 2.32. The molecule has 3 aliphatic carbocycles. The van der Waals surface area contributed by atoms with Gasteiger partial charge < -0.3 is 48.6 Å². The number of nitrogens with zero attached hydrogens (tertiary/aromatic N) is 1. The predicted octanol–water partition coefficient (Wildman–Crippen LogP) is 32.8. The summed E-state index contributed by atoms with van der Waals surface area (Å²) in [5.41, 5.74) is 42.1. The van der Waals surface area contributed by atoms with Crippen molar-refractivity contribution in [2.24, 2.45) is 0 Å². The SMILES string of the molecule is CC1(C)O[B]OC1(C)C.CC1(C)c2ccccc2-c2ccc(-c3cc(B4OC(C)(C)C(C)(C)O4)cc(B4OC(C)(C)C(C)(C)O4)c3)cc21.CC1(C)c2ccccc2-c2ccc(-c3cc(Br)cc(Br)c3)cc21.CC1(C)c2ccccc2-c2ccc(I)cc21.Cc1ccc(I)cc1C.Cc1ccc(N(c2ccc(C)c(C)c2)c2ccc(C)c(Br)c2)cc1C.Cc1ccc(N)cc1Br.OB(O)c1cc(Br)cc(Br)c1. The first kappa shape index (κ1) is 111. The highest BCUT2D eigenvalue weighted by atomic mass is 127. The van der Waals surface area contributed by atoms with Crippen LogP contribution in [0.15, 0.2) is 300 Å². The van der Waals surface area contributed by atoms with Crippen molar-refractivity contribution in [3.63, 3.8) is 0 Å². The van der Waals surface area contributed by atoms with E-state index in [0.29, 0.717) is 5.46 Å². The van der Waals surface area contributed by atoms with E-state index in [9.17, 15) is 0 Å². The fourth-order valence-electron chi connectivity index (χ4n) is 17.7. The van der Waals surface area contributed by atoms with Gasteiger partial charge in [0, 0.05) is 73.0 Å². The van der Waals surface area contributed by atoms with Crippen molar-refractivity contribution in [2.45, 2.75) is 230 Å². The predicted molar refractivity (Wildman–Crippen MR) is 635 cm³/mol. The van der Waals surface area contributed by atoms with Crippen LogP contribution < -0.4 is 27.0 Å². The molecule has 3 aliphatic heterocycles. The number of aryl methyl sites for hydroxylation is 8. The molecule has 0 atom stereocenters. The van der Waals surface area contributed by atoms with Gasteiger partial charge in [-0.25, -0.2) is 0 Å². The Morgan fingerprint density at radius 3 is 0.950 bits per heavy atom. The summed E-state index contributed by atoms with van der Waals surface area (Å²) in [7, 11) is -0.957. The van der Waals surface area contributed by atoms with Crippen LogP contribution in [-0.4, -0.2) is 72.7 Å². The molecule has 0 saturated carbocycles. The highest BCUT2D eigenvalue weighted by molar-refractivity contribution is 14.1. The standard InChI is InChI=1S/C33H40B2O4.C23H24BrN.C21H16Br2.C15H13I.C8H9I.C7H8BrN.C6H5BBr2O2.C6H12BO2/c1-29(2)27-14-12-11-13-25(27)26-16-15-21(19-28(26)29)22-17-23(34-36-30(3,4)31(5,6)37-34)20-24(18-22)35-38-32(7,8)33(9,10)39-35;1-15-6-9-20(12-18(15)4)25(21-10-7-16(2)19(5)13-21)22-11-8-17(3)23(24)14-22;1-21(2)19-6-4-3-5-17(19)18-8-7-13(11-20(18)21)14-9-15(22)12-16(23)10-14;1-15(2)13-6-4-3-5-11(13)12-8-7-10(16)9-14(12)15;1-6-3-4-8(9)5-7(6)2;1-5-2-3-6(9)4-7(5)8;8-5-1-4(7(10)11)2-6(9)3-5;1-5(2)6(3,4)9-7-8-5/h11-20H,1-10H3;6-14H,1-5H3;3-12H,1-2H3;3-9H,1-2H3;3-5H,1-2H3;2-4H,9H2,1H3;1-3,10-11H;1-4H3. The van der Waals surface area contributed by atoms with Gasteiger partial charge >= 0.3 is 29.0 Å². The summed E-state index contributed by atoms with van der Waals surface area (Å²) in [6, 6.07) is 96.9. The number of hydrogen-bond donors (Lipinski definition) is 3. The molecular formula is C119H127B4Br6I2N2O8. The number of nitrogen functional groups attached to an aromatic ring is 1. The zero-order valence-electron chi connectivity index (χ0n) is 85.7. The number of rotatable bonds is 8. The molecule has 3 fully saturated rings. The van der Waals surface area contributed by atoms with Crippen molar-refractivity contribution in [1.29, 1.82) is 0 Å². The van der Waals surface area contributed by atoms with Gasteiger partial charge in [0.15, 0.2) is 0 Å². The minimum atomic E-state index is -1.41. The molecule has 0 amide bonds. The van der Waals surface area contributed by atoms with Gasteiger partial charge in [-0.2, -0.15) is 0 Å². The Balaban J connectivity index is 0.000000144. The van der Waals surface area contributed by atoms with Crippen LogP contribution in [0.3, 0.4) is 0 Å². The molecule has 1 radical (unpaired) electrons. The lowest BCUT2D eigenvalue weighted by Gasteiger charge is -2.32. The Morgan fingerprint density at radius 1 is 0.291 bits per heavy atom. The first-order valence-electron chi connectivity index (χ1n) is 47.6. The molecule has 4 N–H and O–H groups in total. The zero-order valence-corrected chi connectivity index (χ0v) is 99.5. The maximum atomic E-state index is 8.79. The number of benzene rings is 14. The largest absolute Gasteiger partial charge is 0.494 e. The Kier molecular flexibility index (Phi) is 35.1. The van der Waals surface area contributed by atoms with Gasteiger partial charge in [-0.05, 0) is 455 Å². The summed E-state index contributed by atoms with van der Waals surface area (Å²) >= 11 is 25.4. The van der Waals surface area contributed by atoms with Crippen LogP contribution >= 0.6 is 141 Å². The van der Waals surface area contributed by atoms with E-state index in [1.807, 2.05) is 58.9 Å². The van der Waals surface area contributed by atoms with E-state index in [4.69, 9.17) is 43.7 Å². The molecule has 729 valence electrons. The molecule has 0 bridgehead atoms. The fourth-order valence-corrected chi connectivity index (χ4v) is 22.2. The second kappa shape index (κ2) is 44.6. The van der Waals surface area contributed by atoms with Crippen LogP contribution in [-0.2, 0) is 44.2 Å². The van der Waals surface area contributed by atoms with Crippen molar-refractivity contribution in [3.8, 4) is 55.6 Å². The highest BCUT2D eigenvalue weighted by Crippen LogP contribution is 2.54. The summed E-state index contributed by atoms with van der Waals surface area (Å²) in [5.74, 6) is 0. The molecule has 14 aromatic carbocycles. The topological polar surface area (TPSA) is 125 Å². The van der Waals surface area contributed by atoms with Crippen molar-refractivity contribution >= 4 is 209 Å². The van der Waals surface area contributed by atoms with Gasteiger partial charge in [-0.3, -0.25) is 0 Å². The first-order valence-corrected chi connectivity index (χ1v) is 54.5. The molecule has 3 saturated heterocycles. The third kappa shape index (κ3) is 25.2. The van der Waals surface area contributed by atoms with Gasteiger partial charge in [-0.1, -0.05) is 289 Å². The molecule has 14 aromatic rings. The minimum absolute atomic E-state index is 0.0468. The second-order valence-corrected chi connectivity index (χ2v) is 49.8. The Hall–Kier alpha value is -7.04. The average molecular weight is 2490 g/mol. The second-order valence-electron chi connectivity index (χ2n) is 41.9. The Bertz CT molecular complexity index is 6670. The number of hydrogen-bond acceptors (Lipinski definition) is 10. The van der Waals surface area contributed by atoms with Gasteiger partial charge in [0.25, 0.3) is 0 Å². The number of nitrogens with two attached hydrogens (primary N) is 1. The lowest BCUT2D eigenvalue weighted by atomic mass is 9.70. The van der Waals surface area contributed by atoms with Crippen LogP contribution in [0, 0.1) is 62.5 Å². The fraction of sp³-hybridized carbons (Fsp3) is 0.294. The number of anilines is 4. The van der Waals surface area contributed by atoms with E-state index in [1.54, 1.807) is 12.1 Å². The summed E-state index contributed by atoms with van der Waals surface area (Å²) in [6.45, 7) is 55.7. The van der Waals surface area contributed by atoms with Crippen LogP contribution in [0.2, 0.25) is 0 Å². The molecule has 20 rings (SSSR count). The van der Waals surface area contributed by atoms with Gasteiger partial charge in [0.05, 0.1) is 33.6 Å². The maximum Gasteiger partial charge on any atom is 0.494 e. The van der Waals surface area contributed by atoms with Gasteiger partial charge in [0.2, 0.25) is 0 Å². The molecule has 6 aliphatic rings. The molecule has 0 spiro atoms. The third-order valence-electron chi connectivity index (χ3n) is 29.2. The van der Waals surface area contributed by atoms with Crippen molar-refractivity contribution in [1.82, 2.24) is 0 Å². The van der Waals surface area contributed by atoms with E-state index in [2.05, 4.69) is 528 Å². The van der Waals surface area contributed by atoms with Crippen LogP contribution in [0.4, 0.5) is 22.7 Å². The van der Waals surface area contributed by atoms with E-state index in [-0.39, 0.29) is 27.4 Å². The molecular weight excluding hydrogens is 2360 g/mol. The summed E-state index contributed by atoms with van der Waals surface area (Å²) < 4.78 is 45.0. The molecule has 10 nitrogen and oxygen atoms in total. The third-order valence-corrected chi connectivity index (χ3v) is 34.0. The van der Waals surface area contributed by atoms with E-state index >= 15 is 0 Å². The minimum Gasteiger partial charge on any atom is -0.423 e. The summed E-state index contributed by atoms with van der Waals surface area (Å²) in [6.07, 6.45) is 0. The molecule has 3 heterocycles. The highest BCUT2D eigenvalue weighted by Gasteiger charge is 2.55. The average Bonchev–Trinajstić information content (AvgIpc) is 1.59. The van der Waals surface area contributed by atoms with Crippen LogP contribution in [0.5, 0.6) is 0 Å². The molecule has 141 heavy (non-hydrogen) atoms. The normalized spacial score (nSPS) is 16.3. The Labute approximate surface area is 918 Å². The summed E-state index contributed by atoms with van der Waals surface area (Å²) in [5, 5.41) is 17.6. The smallest absolute Gasteiger partial charge is 0.423 e. The van der Waals surface area contributed by atoms with Crippen LogP contribution in [0.1, 0.15) is 203 Å². The van der Waals surface area contributed by atoms with Crippen LogP contribution in [0.25, 0.3) is 55.6 Å². The lowest BCUT2D eigenvalue weighted by Crippen LogP contribution is -2.41. The van der Waals surface area contributed by atoms with E-state index in [0.717, 1.165) is 60.3 Å². The first-order chi connectivity index (χ1) is 65.9. The number of fused-ring (bicyclic) bond motifs is 9. The zero-order chi connectivity index (χ0) is 103. The monoisotopic (exact) mass is 2480 g/mol. The van der Waals surface area contributed by atoms with Gasteiger partial charge in [0.1, 0.15) is 0 Å². The van der Waals surface area contributed by atoms with Crippen molar-refractivity contribution in [3.05, 3.63) is 385 Å². The Morgan fingerprint density at radius 2 is 0.603 bits per heavy atom. The van der Waals surface area contributed by atoms with Crippen molar-refractivity contribution < 1.29 is 38.0 Å². The van der Waals surface area contributed by atoms with E-state index in [1.165, 1.54) is 149 Å². The number of halogens is 8. The quantitative estimate of drug-likeness (QED) is 0.0769. The molecule has 0 aromatic heterocycles.